The zero-order valence-corrected chi connectivity index (χ0v) is 14.2. The maximum absolute atomic E-state index is 12.6. The van der Waals surface area contributed by atoms with Crippen molar-refractivity contribution in [2.75, 3.05) is 25.6 Å². The third kappa shape index (κ3) is 3.77. The Morgan fingerprint density at radius 3 is 2.88 bits per heavy atom. The lowest BCUT2D eigenvalue weighted by Gasteiger charge is -2.25. The quantitative estimate of drug-likeness (QED) is 0.643. The Balaban J connectivity index is 1.90. The number of anilines is 1. The molecule has 0 saturated heterocycles. The predicted octanol–water partition coefficient (Wildman–Crippen LogP) is 2.42. The Morgan fingerprint density at radius 1 is 1.32 bits per heavy atom. The van der Waals surface area contributed by atoms with Crippen molar-refractivity contribution >= 4 is 18.0 Å². The molecule has 0 aliphatic carbocycles. The zero-order valence-electron chi connectivity index (χ0n) is 14.2. The molecule has 0 amide bonds. The second kappa shape index (κ2) is 7.76. The van der Waals surface area contributed by atoms with E-state index < -0.39 is 12.0 Å². The summed E-state index contributed by atoms with van der Waals surface area (Å²) in [4.78, 5) is 16.7. The van der Waals surface area contributed by atoms with Crippen LogP contribution in [0.25, 0.3) is 6.08 Å². The average molecular weight is 340 g/mol. The molecule has 1 aliphatic heterocycles. The first-order valence-electron chi connectivity index (χ1n) is 7.97. The summed E-state index contributed by atoms with van der Waals surface area (Å²) in [6.45, 7) is 2.38. The van der Waals surface area contributed by atoms with Crippen LogP contribution in [0.15, 0.2) is 54.0 Å². The van der Waals surface area contributed by atoms with Gasteiger partial charge in [0.15, 0.2) is 0 Å². The number of benzene rings is 1. The van der Waals surface area contributed by atoms with Gasteiger partial charge in [0.25, 0.3) is 0 Å². The van der Waals surface area contributed by atoms with Gasteiger partial charge in [0.1, 0.15) is 19.0 Å². The van der Waals surface area contributed by atoms with Crippen LogP contribution in [0.3, 0.4) is 0 Å². The van der Waals surface area contributed by atoms with Crippen LogP contribution < -0.4 is 5.32 Å². The Kier molecular flexibility index (Phi) is 5.25. The minimum absolute atomic E-state index is 0.200. The van der Waals surface area contributed by atoms with Crippen molar-refractivity contribution in [3.8, 4) is 0 Å². The molecule has 1 aromatic carbocycles. The first-order chi connectivity index (χ1) is 12.2. The van der Waals surface area contributed by atoms with E-state index in [1.165, 1.54) is 6.33 Å². The van der Waals surface area contributed by atoms with E-state index in [0.717, 1.165) is 5.56 Å². The number of hydrogen-bond donors (Lipinski definition) is 1. The molecule has 7 nitrogen and oxygen atoms in total. The van der Waals surface area contributed by atoms with Gasteiger partial charge in [-0.2, -0.15) is 10.1 Å². The van der Waals surface area contributed by atoms with Gasteiger partial charge >= 0.3 is 5.97 Å². The largest absolute Gasteiger partial charge is 0.460 e. The van der Waals surface area contributed by atoms with E-state index in [9.17, 15) is 4.79 Å². The lowest BCUT2D eigenvalue weighted by Crippen LogP contribution is -2.28. The number of rotatable bonds is 6. The van der Waals surface area contributed by atoms with E-state index in [2.05, 4.69) is 15.4 Å². The van der Waals surface area contributed by atoms with Gasteiger partial charge in [-0.25, -0.2) is 9.48 Å². The number of methoxy groups -OCH3 is 1. The SMILES string of the molecule is COCCOC(=O)C1=C(C)Nc2ncnn2[C@@H]1/C=C/c1ccccc1. The van der Waals surface area contributed by atoms with Crippen LogP contribution in [0.2, 0.25) is 0 Å². The molecular weight excluding hydrogens is 320 g/mol. The molecule has 0 radical (unpaired) electrons. The number of aromatic nitrogens is 3. The van der Waals surface area contributed by atoms with Gasteiger partial charge in [0.2, 0.25) is 5.95 Å². The van der Waals surface area contributed by atoms with Crippen LogP contribution in [0.1, 0.15) is 18.5 Å². The van der Waals surface area contributed by atoms with E-state index in [1.807, 2.05) is 49.4 Å². The molecule has 25 heavy (non-hydrogen) atoms. The van der Waals surface area contributed by atoms with Gasteiger partial charge in [-0.3, -0.25) is 0 Å². The first kappa shape index (κ1) is 16.9. The number of carbonyl (C=O) groups is 1. The highest BCUT2D eigenvalue weighted by Gasteiger charge is 2.31. The Morgan fingerprint density at radius 2 is 2.12 bits per heavy atom. The smallest absolute Gasteiger partial charge is 0.338 e. The summed E-state index contributed by atoms with van der Waals surface area (Å²) in [6.07, 6.45) is 5.33. The zero-order chi connectivity index (χ0) is 17.6. The van der Waals surface area contributed by atoms with Gasteiger partial charge < -0.3 is 14.8 Å². The van der Waals surface area contributed by atoms with Crippen molar-refractivity contribution in [2.45, 2.75) is 13.0 Å². The molecule has 0 unspecified atom stereocenters. The molecular formula is C18H20N4O3. The average Bonchev–Trinajstić information content (AvgIpc) is 3.08. The number of fused-ring (bicyclic) bond motifs is 1. The van der Waals surface area contributed by atoms with E-state index in [0.29, 0.717) is 23.8 Å². The number of nitrogens with zero attached hydrogens (tertiary/aromatic N) is 3. The summed E-state index contributed by atoms with van der Waals surface area (Å²) in [6, 6.07) is 9.47. The normalized spacial score (nSPS) is 16.6. The van der Waals surface area contributed by atoms with Gasteiger partial charge in [-0.15, -0.1) is 0 Å². The molecule has 1 N–H and O–H groups in total. The highest BCUT2D eigenvalue weighted by atomic mass is 16.6. The highest BCUT2D eigenvalue weighted by Crippen LogP contribution is 2.31. The van der Waals surface area contributed by atoms with Crippen molar-refractivity contribution in [3.05, 3.63) is 59.6 Å². The Hall–Kier alpha value is -2.93. The Bertz CT molecular complexity index is 796. The van der Waals surface area contributed by atoms with Crippen molar-refractivity contribution < 1.29 is 14.3 Å². The van der Waals surface area contributed by atoms with Crippen LogP contribution in [0.5, 0.6) is 0 Å². The fraction of sp³-hybridized carbons (Fsp3) is 0.278. The highest BCUT2D eigenvalue weighted by molar-refractivity contribution is 5.92. The van der Waals surface area contributed by atoms with Gasteiger partial charge in [-0.05, 0) is 12.5 Å². The van der Waals surface area contributed by atoms with Crippen molar-refractivity contribution in [3.63, 3.8) is 0 Å². The van der Waals surface area contributed by atoms with Crippen molar-refractivity contribution in [2.24, 2.45) is 0 Å². The maximum atomic E-state index is 12.6. The van der Waals surface area contributed by atoms with Crippen molar-refractivity contribution in [1.29, 1.82) is 0 Å². The summed E-state index contributed by atoms with van der Waals surface area (Å²) in [5.74, 6) is 0.194. The van der Waals surface area contributed by atoms with Gasteiger partial charge in [-0.1, -0.05) is 42.5 Å². The third-order valence-electron chi connectivity index (χ3n) is 3.85. The van der Waals surface area contributed by atoms with E-state index in [1.54, 1.807) is 11.8 Å². The molecule has 1 aliphatic rings. The monoisotopic (exact) mass is 340 g/mol. The lowest BCUT2D eigenvalue weighted by atomic mass is 10.0. The van der Waals surface area contributed by atoms with E-state index >= 15 is 0 Å². The first-order valence-corrected chi connectivity index (χ1v) is 7.97. The van der Waals surface area contributed by atoms with E-state index in [4.69, 9.17) is 9.47 Å². The lowest BCUT2D eigenvalue weighted by molar-refractivity contribution is -0.140. The molecule has 1 aromatic heterocycles. The number of allylic oxidation sites excluding steroid dienone is 2. The van der Waals surface area contributed by atoms with Crippen LogP contribution in [0.4, 0.5) is 5.95 Å². The summed E-state index contributed by atoms with van der Waals surface area (Å²) in [5.41, 5.74) is 2.24. The predicted molar refractivity (Wildman–Crippen MR) is 93.7 cm³/mol. The van der Waals surface area contributed by atoms with Gasteiger partial charge in [0.05, 0.1) is 12.2 Å². The fourth-order valence-electron chi connectivity index (χ4n) is 2.64. The fourth-order valence-corrected chi connectivity index (χ4v) is 2.64. The van der Waals surface area contributed by atoms with Crippen LogP contribution in [0, 0.1) is 0 Å². The second-order valence-electron chi connectivity index (χ2n) is 5.54. The van der Waals surface area contributed by atoms with Crippen LogP contribution in [-0.2, 0) is 14.3 Å². The van der Waals surface area contributed by atoms with Gasteiger partial charge in [0, 0.05) is 12.8 Å². The molecule has 2 heterocycles. The maximum Gasteiger partial charge on any atom is 0.338 e. The number of nitrogens with one attached hydrogen (secondary N) is 1. The van der Waals surface area contributed by atoms with E-state index in [-0.39, 0.29) is 6.61 Å². The third-order valence-corrected chi connectivity index (χ3v) is 3.85. The standard InChI is InChI=1S/C18H20N4O3/c1-13-16(17(23)25-11-10-24-2)15(22-18(21-13)19-12-20-22)9-8-14-6-4-3-5-7-14/h3-9,12,15H,10-11H2,1-2H3,(H,19,20,21)/b9-8+/t15-/m1/s1. The molecule has 0 spiro atoms. The Labute approximate surface area is 146 Å². The molecule has 0 bridgehead atoms. The number of hydrogen-bond acceptors (Lipinski definition) is 6. The summed E-state index contributed by atoms with van der Waals surface area (Å²) < 4.78 is 11.9. The summed E-state index contributed by atoms with van der Waals surface area (Å²) in [7, 11) is 1.56. The number of esters is 1. The minimum atomic E-state index is -0.397. The topological polar surface area (TPSA) is 78.3 Å². The second-order valence-corrected chi connectivity index (χ2v) is 5.54. The van der Waals surface area contributed by atoms with Crippen LogP contribution >= 0.6 is 0 Å². The molecule has 1 atom stereocenters. The van der Waals surface area contributed by atoms with Crippen molar-refractivity contribution in [1.82, 2.24) is 14.8 Å². The molecule has 3 rings (SSSR count). The number of ether oxygens (including phenoxy) is 2. The molecule has 2 aromatic rings. The molecule has 0 fully saturated rings. The summed E-state index contributed by atoms with van der Waals surface area (Å²) in [5, 5.41) is 7.33. The molecule has 0 saturated carbocycles. The summed E-state index contributed by atoms with van der Waals surface area (Å²) >= 11 is 0. The van der Waals surface area contributed by atoms with Crippen LogP contribution in [-0.4, -0.2) is 41.1 Å². The molecule has 130 valence electrons. The number of carbonyl (C=O) groups excluding carboxylic acids is 1. The molecule has 7 heteroatoms. The minimum Gasteiger partial charge on any atom is -0.460 e.